The zero-order valence-electron chi connectivity index (χ0n) is 10.1. The highest BCUT2D eigenvalue weighted by Gasteiger charge is 2.11. The second-order valence-electron chi connectivity index (χ2n) is 4.07. The van der Waals surface area contributed by atoms with E-state index in [0.717, 1.165) is 17.7 Å². The molecule has 2 aromatic rings. The van der Waals surface area contributed by atoms with Crippen molar-refractivity contribution in [1.82, 2.24) is 0 Å². The lowest BCUT2D eigenvalue weighted by Crippen LogP contribution is -2.12. The zero-order chi connectivity index (χ0) is 12.3. The smallest absolute Gasteiger partial charge is 0.122 e. The molecule has 0 bridgehead atoms. The topological polar surface area (TPSA) is 35.2 Å². The predicted octanol–water partition coefficient (Wildman–Crippen LogP) is 3.31. The Hall–Kier alpha value is -1.32. The molecule has 90 valence electrons. The summed E-state index contributed by atoms with van der Waals surface area (Å²) in [6.07, 6.45) is 0.809. The maximum atomic E-state index is 6.22. The average molecular weight is 247 g/mol. The SMILES string of the molecule is COc1ccccc1CC(N)c1ccc(C)s1. The lowest BCUT2D eigenvalue weighted by molar-refractivity contribution is 0.408. The third-order valence-corrected chi connectivity index (χ3v) is 3.89. The van der Waals surface area contributed by atoms with Gasteiger partial charge < -0.3 is 10.5 Å². The number of benzene rings is 1. The van der Waals surface area contributed by atoms with Crippen molar-refractivity contribution in [3.63, 3.8) is 0 Å². The Bertz CT molecular complexity index is 492. The summed E-state index contributed by atoms with van der Waals surface area (Å²) >= 11 is 1.76. The van der Waals surface area contributed by atoms with Crippen molar-refractivity contribution in [2.75, 3.05) is 7.11 Å². The lowest BCUT2D eigenvalue weighted by atomic mass is 10.0. The van der Waals surface area contributed by atoms with Gasteiger partial charge in [0.2, 0.25) is 0 Å². The van der Waals surface area contributed by atoms with Crippen LogP contribution in [0.4, 0.5) is 0 Å². The molecule has 2 nitrogen and oxygen atoms in total. The van der Waals surface area contributed by atoms with E-state index in [2.05, 4.69) is 25.1 Å². The number of thiophene rings is 1. The summed E-state index contributed by atoms with van der Waals surface area (Å²) < 4.78 is 5.34. The number of nitrogens with two attached hydrogens (primary N) is 1. The molecular weight excluding hydrogens is 230 g/mol. The second-order valence-corrected chi connectivity index (χ2v) is 5.39. The van der Waals surface area contributed by atoms with Crippen LogP contribution < -0.4 is 10.5 Å². The van der Waals surface area contributed by atoms with E-state index in [1.54, 1.807) is 18.4 Å². The molecule has 0 radical (unpaired) electrons. The normalized spacial score (nSPS) is 12.4. The summed E-state index contributed by atoms with van der Waals surface area (Å²) in [5, 5.41) is 0. The van der Waals surface area contributed by atoms with Gasteiger partial charge in [-0.15, -0.1) is 11.3 Å². The summed E-state index contributed by atoms with van der Waals surface area (Å²) in [7, 11) is 1.69. The van der Waals surface area contributed by atoms with E-state index in [-0.39, 0.29) is 6.04 Å². The molecule has 1 aromatic carbocycles. The molecule has 0 aliphatic rings. The van der Waals surface area contributed by atoms with Crippen molar-refractivity contribution in [2.45, 2.75) is 19.4 Å². The average Bonchev–Trinajstić information content (AvgIpc) is 2.77. The maximum absolute atomic E-state index is 6.22. The van der Waals surface area contributed by atoms with Crippen LogP contribution in [0.2, 0.25) is 0 Å². The maximum Gasteiger partial charge on any atom is 0.122 e. The molecule has 1 aromatic heterocycles. The van der Waals surface area contributed by atoms with Crippen LogP contribution in [-0.2, 0) is 6.42 Å². The van der Waals surface area contributed by atoms with Crippen molar-refractivity contribution < 1.29 is 4.74 Å². The Balaban J connectivity index is 2.15. The first-order valence-electron chi connectivity index (χ1n) is 5.64. The van der Waals surface area contributed by atoms with E-state index in [4.69, 9.17) is 10.5 Å². The summed E-state index contributed by atoms with van der Waals surface area (Å²) in [6, 6.07) is 12.3. The number of methoxy groups -OCH3 is 1. The number of aryl methyl sites for hydroxylation is 1. The van der Waals surface area contributed by atoms with E-state index in [1.807, 2.05) is 18.2 Å². The fourth-order valence-electron chi connectivity index (χ4n) is 1.86. The van der Waals surface area contributed by atoms with Gasteiger partial charge in [-0.25, -0.2) is 0 Å². The molecule has 2 rings (SSSR count). The van der Waals surface area contributed by atoms with Crippen LogP contribution in [-0.4, -0.2) is 7.11 Å². The van der Waals surface area contributed by atoms with Crippen LogP contribution in [0.3, 0.4) is 0 Å². The van der Waals surface area contributed by atoms with Gasteiger partial charge in [0.05, 0.1) is 7.11 Å². The Morgan fingerprint density at radius 3 is 2.65 bits per heavy atom. The van der Waals surface area contributed by atoms with Crippen LogP contribution in [0.1, 0.15) is 21.4 Å². The third-order valence-electron chi connectivity index (χ3n) is 2.76. The lowest BCUT2D eigenvalue weighted by Gasteiger charge is -2.12. The fourth-order valence-corrected chi connectivity index (χ4v) is 2.74. The minimum atomic E-state index is 0.0463. The summed E-state index contributed by atoms with van der Waals surface area (Å²) in [5.41, 5.74) is 7.38. The van der Waals surface area contributed by atoms with E-state index in [0.29, 0.717) is 0 Å². The number of hydrogen-bond donors (Lipinski definition) is 1. The molecule has 1 atom stereocenters. The molecule has 1 heterocycles. The molecule has 0 aliphatic carbocycles. The van der Waals surface area contributed by atoms with E-state index in [9.17, 15) is 0 Å². The van der Waals surface area contributed by atoms with E-state index in [1.165, 1.54) is 9.75 Å². The third kappa shape index (κ3) is 2.87. The van der Waals surface area contributed by atoms with Crippen LogP contribution in [0.5, 0.6) is 5.75 Å². The Kier molecular flexibility index (Phi) is 3.82. The van der Waals surface area contributed by atoms with Gasteiger partial charge in [-0.05, 0) is 37.1 Å². The molecule has 0 aliphatic heterocycles. The zero-order valence-corrected chi connectivity index (χ0v) is 11.0. The van der Waals surface area contributed by atoms with Gasteiger partial charge in [0.15, 0.2) is 0 Å². The van der Waals surface area contributed by atoms with Gasteiger partial charge in [-0.2, -0.15) is 0 Å². The summed E-state index contributed by atoms with van der Waals surface area (Å²) in [5.74, 6) is 0.913. The molecule has 0 saturated carbocycles. The molecule has 0 saturated heterocycles. The molecule has 2 N–H and O–H groups in total. The van der Waals surface area contributed by atoms with Gasteiger partial charge in [-0.1, -0.05) is 18.2 Å². The van der Waals surface area contributed by atoms with Crippen LogP contribution in [0.25, 0.3) is 0 Å². The Morgan fingerprint density at radius 1 is 1.24 bits per heavy atom. The van der Waals surface area contributed by atoms with Gasteiger partial charge >= 0.3 is 0 Å². The molecule has 17 heavy (non-hydrogen) atoms. The minimum Gasteiger partial charge on any atom is -0.496 e. The van der Waals surface area contributed by atoms with Crippen molar-refractivity contribution in [3.8, 4) is 5.75 Å². The largest absolute Gasteiger partial charge is 0.496 e. The monoisotopic (exact) mass is 247 g/mol. The second kappa shape index (κ2) is 5.34. The number of ether oxygens (including phenoxy) is 1. The highest BCUT2D eigenvalue weighted by Crippen LogP contribution is 2.27. The van der Waals surface area contributed by atoms with Gasteiger partial charge in [0, 0.05) is 15.8 Å². The van der Waals surface area contributed by atoms with Crippen LogP contribution in [0, 0.1) is 6.92 Å². The highest BCUT2D eigenvalue weighted by molar-refractivity contribution is 7.12. The first kappa shape index (κ1) is 12.1. The highest BCUT2D eigenvalue weighted by atomic mass is 32.1. The first-order valence-corrected chi connectivity index (χ1v) is 6.46. The molecule has 1 unspecified atom stereocenters. The molecule has 0 amide bonds. The molecule has 0 spiro atoms. The van der Waals surface area contributed by atoms with Gasteiger partial charge in [0.25, 0.3) is 0 Å². The molecule has 3 heteroatoms. The summed E-state index contributed by atoms with van der Waals surface area (Å²) in [6.45, 7) is 2.10. The van der Waals surface area contributed by atoms with Gasteiger partial charge in [0.1, 0.15) is 5.75 Å². The van der Waals surface area contributed by atoms with Crippen molar-refractivity contribution in [3.05, 3.63) is 51.7 Å². The minimum absolute atomic E-state index is 0.0463. The fraction of sp³-hybridized carbons (Fsp3) is 0.286. The Morgan fingerprint density at radius 2 is 2.00 bits per heavy atom. The van der Waals surface area contributed by atoms with E-state index >= 15 is 0 Å². The van der Waals surface area contributed by atoms with Crippen LogP contribution in [0.15, 0.2) is 36.4 Å². The van der Waals surface area contributed by atoms with Gasteiger partial charge in [-0.3, -0.25) is 0 Å². The van der Waals surface area contributed by atoms with Crippen molar-refractivity contribution in [2.24, 2.45) is 5.73 Å². The van der Waals surface area contributed by atoms with Crippen molar-refractivity contribution in [1.29, 1.82) is 0 Å². The first-order chi connectivity index (χ1) is 8.20. The predicted molar refractivity (Wildman–Crippen MR) is 72.7 cm³/mol. The molecular formula is C14H17NOS. The number of hydrogen-bond acceptors (Lipinski definition) is 3. The summed E-state index contributed by atoms with van der Waals surface area (Å²) in [4.78, 5) is 2.53. The standard InChI is InChI=1S/C14H17NOS/c1-10-7-8-14(17-10)12(15)9-11-5-3-4-6-13(11)16-2/h3-8,12H,9,15H2,1-2H3. The van der Waals surface area contributed by atoms with Crippen molar-refractivity contribution >= 4 is 11.3 Å². The van der Waals surface area contributed by atoms with Crippen LogP contribution >= 0.6 is 11.3 Å². The molecule has 0 fully saturated rings. The quantitative estimate of drug-likeness (QED) is 0.899. The number of para-hydroxylation sites is 1. The van der Waals surface area contributed by atoms with E-state index < -0.39 is 0 Å². The number of rotatable bonds is 4. The Labute approximate surface area is 106 Å².